The van der Waals surface area contributed by atoms with Crippen LogP contribution in [0.2, 0.25) is 0 Å². The largest absolute Gasteiger partial charge is 0.495 e. The lowest BCUT2D eigenvalue weighted by molar-refractivity contribution is -0.114. The molecule has 0 atom stereocenters. The third kappa shape index (κ3) is 7.14. The number of hydrogen-bond acceptors (Lipinski definition) is 3. The molecule has 1 fully saturated rings. The van der Waals surface area contributed by atoms with Crippen molar-refractivity contribution in [3.63, 3.8) is 0 Å². The molecule has 0 radical (unpaired) electrons. The Hall–Kier alpha value is -1.51. The summed E-state index contributed by atoms with van der Waals surface area (Å²) in [5, 5.41) is 9.68. The van der Waals surface area contributed by atoms with E-state index in [1.807, 2.05) is 18.2 Å². The fourth-order valence-corrected chi connectivity index (χ4v) is 3.70. The second-order valence-electron chi connectivity index (χ2n) is 7.33. The maximum atomic E-state index is 11.4. The minimum Gasteiger partial charge on any atom is -0.495 e. The molecule has 0 unspecified atom stereocenters. The standard InChI is InChI=1S/C21H34N4O2.HI/c1-5-21(11-7-8-12-21)15-24-20(22-6-2)23-14-17-9-10-19(27-4)18(13-17)25-16(3)26;/h9-10,13H,5-8,11-12,14-15H2,1-4H3,(H,25,26)(H2,22,23,24);1H. The number of aliphatic imine (C=N–C) groups is 1. The van der Waals surface area contributed by atoms with E-state index in [2.05, 4.69) is 29.8 Å². The van der Waals surface area contributed by atoms with Crippen LogP contribution in [0.25, 0.3) is 0 Å². The third-order valence-corrected chi connectivity index (χ3v) is 5.38. The van der Waals surface area contributed by atoms with Gasteiger partial charge in [0.05, 0.1) is 19.3 Å². The Morgan fingerprint density at radius 1 is 1.21 bits per heavy atom. The predicted molar refractivity (Wildman–Crippen MR) is 127 cm³/mol. The maximum absolute atomic E-state index is 11.4. The zero-order valence-corrected chi connectivity index (χ0v) is 19.9. The summed E-state index contributed by atoms with van der Waals surface area (Å²) in [6.07, 6.45) is 6.48. The molecule has 0 spiro atoms. The van der Waals surface area contributed by atoms with Gasteiger partial charge in [-0.1, -0.05) is 25.8 Å². The Balaban J connectivity index is 0.00000392. The Bertz CT molecular complexity index is 658. The number of anilines is 1. The highest BCUT2D eigenvalue weighted by Crippen LogP contribution is 2.40. The van der Waals surface area contributed by atoms with Crippen molar-refractivity contribution < 1.29 is 9.53 Å². The number of carbonyl (C=O) groups is 1. The summed E-state index contributed by atoms with van der Waals surface area (Å²) >= 11 is 0. The van der Waals surface area contributed by atoms with Crippen LogP contribution < -0.4 is 20.7 Å². The Kier molecular flexibility index (Phi) is 10.6. The van der Waals surface area contributed by atoms with Gasteiger partial charge in [-0.15, -0.1) is 24.0 Å². The number of rotatable bonds is 8. The summed E-state index contributed by atoms with van der Waals surface area (Å²) < 4.78 is 5.31. The monoisotopic (exact) mass is 502 g/mol. The molecule has 0 bridgehead atoms. The van der Waals surface area contributed by atoms with Gasteiger partial charge in [0.25, 0.3) is 0 Å². The van der Waals surface area contributed by atoms with Crippen LogP contribution in [0.5, 0.6) is 5.75 Å². The second kappa shape index (κ2) is 12.1. The van der Waals surface area contributed by atoms with Gasteiger partial charge in [0.2, 0.25) is 5.91 Å². The van der Waals surface area contributed by atoms with Crippen LogP contribution in [0.15, 0.2) is 23.2 Å². The first kappa shape index (κ1) is 24.5. The number of ether oxygens (including phenoxy) is 1. The fourth-order valence-electron chi connectivity index (χ4n) is 3.70. The molecule has 0 aromatic heterocycles. The van der Waals surface area contributed by atoms with Gasteiger partial charge in [-0.3, -0.25) is 4.79 Å². The van der Waals surface area contributed by atoms with Crippen LogP contribution in [0, 0.1) is 5.41 Å². The average molecular weight is 502 g/mol. The summed E-state index contributed by atoms with van der Waals surface area (Å²) in [4.78, 5) is 16.1. The predicted octanol–water partition coefficient (Wildman–Crippen LogP) is 4.30. The van der Waals surface area contributed by atoms with Crippen LogP contribution in [-0.2, 0) is 11.3 Å². The van der Waals surface area contributed by atoms with E-state index in [1.165, 1.54) is 39.0 Å². The topological polar surface area (TPSA) is 74.8 Å². The third-order valence-electron chi connectivity index (χ3n) is 5.38. The zero-order valence-electron chi connectivity index (χ0n) is 17.6. The first-order valence-electron chi connectivity index (χ1n) is 9.98. The highest BCUT2D eigenvalue weighted by Gasteiger charge is 2.31. The summed E-state index contributed by atoms with van der Waals surface area (Å²) in [5.74, 6) is 1.37. The average Bonchev–Trinajstić information content (AvgIpc) is 3.13. The first-order chi connectivity index (χ1) is 13.0. The lowest BCUT2D eigenvalue weighted by Crippen LogP contribution is -2.42. The minimum absolute atomic E-state index is 0. The molecule has 1 aromatic carbocycles. The quantitative estimate of drug-likeness (QED) is 0.282. The number of amides is 1. The van der Waals surface area contributed by atoms with Gasteiger partial charge in [-0.2, -0.15) is 0 Å². The number of methoxy groups -OCH3 is 1. The van der Waals surface area contributed by atoms with Crippen LogP contribution in [-0.4, -0.2) is 32.1 Å². The maximum Gasteiger partial charge on any atom is 0.221 e. The molecule has 2 rings (SSSR count). The lowest BCUT2D eigenvalue weighted by atomic mass is 9.83. The summed E-state index contributed by atoms with van der Waals surface area (Å²) in [6, 6.07) is 5.75. The highest BCUT2D eigenvalue weighted by atomic mass is 127. The first-order valence-corrected chi connectivity index (χ1v) is 9.98. The molecule has 1 aliphatic carbocycles. The van der Waals surface area contributed by atoms with Gasteiger partial charge in [0.15, 0.2) is 5.96 Å². The number of nitrogens with one attached hydrogen (secondary N) is 3. The van der Waals surface area contributed by atoms with Gasteiger partial charge in [-0.05, 0) is 49.3 Å². The normalized spacial score (nSPS) is 15.5. The van der Waals surface area contributed by atoms with Crippen molar-refractivity contribution in [2.24, 2.45) is 10.4 Å². The second-order valence-corrected chi connectivity index (χ2v) is 7.33. The molecule has 7 heteroatoms. The summed E-state index contributed by atoms with van der Waals surface area (Å²) in [5.41, 5.74) is 2.10. The van der Waals surface area contributed by atoms with E-state index in [0.717, 1.165) is 24.6 Å². The lowest BCUT2D eigenvalue weighted by Gasteiger charge is -2.28. The molecular weight excluding hydrogens is 467 g/mol. The Morgan fingerprint density at radius 3 is 2.50 bits per heavy atom. The molecular formula is C21H35IN4O2. The van der Waals surface area contributed by atoms with Crippen molar-refractivity contribution in [3.05, 3.63) is 23.8 Å². The highest BCUT2D eigenvalue weighted by molar-refractivity contribution is 14.0. The Morgan fingerprint density at radius 2 is 1.93 bits per heavy atom. The van der Waals surface area contributed by atoms with Gasteiger partial charge in [0.1, 0.15) is 5.75 Å². The van der Waals surface area contributed by atoms with Gasteiger partial charge in [0, 0.05) is 20.0 Å². The molecule has 1 aliphatic rings. The molecule has 0 heterocycles. The number of guanidine groups is 1. The number of carbonyl (C=O) groups excluding carboxylic acids is 1. The van der Waals surface area contributed by atoms with Gasteiger partial charge >= 0.3 is 0 Å². The molecule has 1 aromatic rings. The van der Waals surface area contributed by atoms with Gasteiger partial charge < -0.3 is 20.7 Å². The Labute approximate surface area is 186 Å². The van der Waals surface area contributed by atoms with Crippen molar-refractivity contribution in [2.45, 2.75) is 59.4 Å². The number of hydrogen-bond donors (Lipinski definition) is 3. The van der Waals surface area contributed by atoms with Crippen molar-refractivity contribution in [2.75, 3.05) is 25.5 Å². The number of nitrogens with zero attached hydrogens (tertiary/aromatic N) is 1. The van der Waals surface area contributed by atoms with E-state index in [4.69, 9.17) is 9.73 Å². The van der Waals surface area contributed by atoms with Crippen molar-refractivity contribution >= 4 is 41.5 Å². The van der Waals surface area contributed by atoms with Crippen LogP contribution in [0.1, 0.15) is 58.4 Å². The van der Waals surface area contributed by atoms with Crippen LogP contribution in [0.4, 0.5) is 5.69 Å². The van der Waals surface area contributed by atoms with Crippen molar-refractivity contribution in [3.8, 4) is 5.75 Å². The number of halogens is 1. The van der Waals surface area contributed by atoms with E-state index in [0.29, 0.717) is 23.4 Å². The smallest absolute Gasteiger partial charge is 0.221 e. The van der Waals surface area contributed by atoms with Crippen LogP contribution in [0.3, 0.4) is 0 Å². The zero-order chi connectivity index (χ0) is 19.7. The fraction of sp³-hybridized carbons (Fsp3) is 0.619. The SMILES string of the molecule is CCNC(=NCc1ccc(OC)c(NC(C)=O)c1)NCC1(CC)CCCC1.I. The molecule has 3 N–H and O–H groups in total. The van der Waals surface area contributed by atoms with E-state index >= 15 is 0 Å². The molecule has 6 nitrogen and oxygen atoms in total. The van der Waals surface area contributed by atoms with Crippen molar-refractivity contribution in [1.82, 2.24) is 10.6 Å². The van der Waals surface area contributed by atoms with E-state index in [-0.39, 0.29) is 29.9 Å². The van der Waals surface area contributed by atoms with E-state index in [1.54, 1.807) is 7.11 Å². The van der Waals surface area contributed by atoms with E-state index < -0.39 is 0 Å². The molecule has 158 valence electrons. The van der Waals surface area contributed by atoms with Gasteiger partial charge in [-0.25, -0.2) is 4.99 Å². The molecule has 28 heavy (non-hydrogen) atoms. The summed E-state index contributed by atoms with van der Waals surface area (Å²) in [7, 11) is 1.60. The number of benzene rings is 1. The van der Waals surface area contributed by atoms with Crippen LogP contribution >= 0.6 is 24.0 Å². The summed E-state index contributed by atoms with van der Waals surface area (Å²) in [6.45, 7) is 8.18. The van der Waals surface area contributed by atoms with Crippen molar-refractivity contribution in [1.29, 1.82) is 0 Å². The minimum atomic E-state index is -0.120. The molecule has 1 saturated carbocycles. The molecule has 0 aliphatic heterocycles. The van der Waals surface area contributed by atoms with E-state index in [9.17, 15) is 4.79 Å². The molecule has 0 saturated heterocycles. The molecule has 1 amide bonds.